The van der Waals surface area contributed by atoms with Gasteiger partial charge in [-0.15, -0.1) is 12.4 Å². The summed E-state index contributed by atoms with van der Waals surface area (Å²) in [7, 11) is -1.85. The summed E-state index contributed by atoms with van der Waals surface area (Å²) in [6, 6.07) is 6.74. The van der Waals surface area contributed by atoms with E-state index in [2.05, 4.69) is 4.90 Å². The van der Waals surface area contributed by atoms with Crippen LogP contribution in [0.15, 0.2) is 24.3 Å². The van der Waals surface area contributed by atoms with Crippen LogP contribution in [0.3, 0.4) is 0 Å². The number of carbonyl (C=O) groups is 1. The third-order valence-corrected chi connectivity index (χ3v) is 4.99. The van der Waals surface area contributed by atoms with E-state index in [1.807, 2.05) is 0 Å². The summed E-state index contributed by atoms with van der Waals surface area (Å²) in [5.41, 5.74) is 1.04. The van der Waals surface area contributed by atoms with E-state index in [1.54, 1.807) is 24.3 Å². The molecule has 1 heterocycles. The minimum Gasteiger partial charge on any atom is -0.379 e. The second-order valence-corrected chi connectivity index (χ2v) is 7.42. The molecule has 0 aliphatic carbocycles. The fourth-order valence-electron chi connectivity index (χ4n) is 2.30. The van der Waals surface area contributed by atoms with Crippen LogP contribution in [0.4, 0.5) is 5.69 Å². The van der Waals surface area contributed by atoms with Crippen molar-refractivity contribution in [3.63, 3.8) is 0 Å². The van der Waals surface area contributed by atoms with Gasteiger partial charge in [-0.1, -0.05) is 12.1 Å². The lowest BCUT2D eigenvalue weighted by Gasteiger charge is -2.26. The van der Waals surface area contributed by atoms with Crippen LogP contribution in [-0.2, 0) is 14.8 Å². The second kappa shape index (κ2) is 8.63. The SMILES string of the molecule is CN(c1cccc(C(=O)CCN2CCOCC2)c1)S(C)(=O)=O.Cl. The first-order valence-electron chi connectivity index (χ1n) is 7.25. The van der Waals surface area contributed by atoms with Crippen LogP contribution in [0.25, 0.3) is 0 Å². The van der Waals surface area contributed by atoms with Gasteiger partial charge in [-0.2, -0.15) is 0 Å². The van der Waals surface area contributed by atoms with Crippen molar-refractivity contribution in [1.82, 2.24) is 4.90 Å². The monoisotopic (exact) mass is 362 g/mol. The number of morpholine rings is 1. The smallest absolute Gasteiger partial charge is 0.231 e. The van der Waals surface area contributed by atoms with E-state index in [4.69, 9.17) is 4.74 Å². The van der Waals surface area contributed by atoms with Crippen molar-refractivity contribution in [2.75, 3.05) is 50.5 Å². The number of anilines is 1. The Balaban J connectivity index is 0.00000264. The number of sulfonamides is 1. The van der Waals surface area contributed by atoms with Crippen LogP contribution in [0.5, 0.6) is 0 Å². The molecule has 1 saturated heterocycles. The van der Waals surface area contributed by atoms with Crippen molar-refractivity contribution in [2.24, 2.45) is 0 Å². The molecule has 0 saturated carbocycles. The van der Waals surface area contributed by atoms with Gasteiger partial charge in [0.2, 0.25) is 10.0 Å². The fourth-order valence-corrected chi connectivity index (χ4v) is 2.79. The number of hydrogen-bond donors (Lipinski definition) is 0. The number of rotatable bonds is 6. The maximum atomic E-state index is 12.3. The van der Waals surface area contributed by atoms with Crippen molar-refractivity contribution in [3.05, 3.63) is 29.8 Å². The zero-order valence-electron chi connectivity index (χ0n) is 13.4. The van der Waals surface area contributed by atoms with Crippen LogP contribution >= 0.6 is 12.4 Å². The second-order valence-electron chi connectivity index (χ2n) is 5.41. The Bertz CT molecular complexity index is 630. The molecule has 0 bridgehead atoms. The Morgan fingerprint density at radius 2 is 1.96 bits per heavy atom. The number of Topliss-reactive ketones (excluding diaryl/α,β-unsaturated/α-hetero) is 1. The molecule has 23 heavy (non-hydrogen) atoms. The quantitative estimate of drug-likeness (QED) is 0.716. The number of hydrogen-bond acceptors (Lipinski definition) is 5. The molecule has 0 aromatic heterocycles. The highest BCUT2D eigenvalue weighted by Crippen LogP contribution is 2.18. The Hall–Kier alpha value is -1.15. The van der Waals surface area contributed by atoms with Crippen LogP contribution in [-0.4, -0.2) is 65.3 Å². The normalized spacial score (nSPS) is 15.7. The molecule has 1 fully saturated rings. The number of carbonyl (C=O) groups excluding carboxylic acids is 1. The molecule has 6 nitrogen and oxygen atoms in total. The largest absolute Gasteiger partial charge is 0.379 e. The molecule has 130 valence electrons. The van der Waals surface area contributed by atoms with E-state index in [0.717, 1.165) is 19.3 Å². The summed E-state index contributed by atoms with van der Waals surface area (Å²) in [6.45, 7) is 3.83. The molecular weight excluding hydrogens is 340 g/mol. The van der Waals surface area contributed by atoms with Gasteiger partial charge in [0.25, 0.3) is 0 Å². The average Bonchev–Trinajstić information content (AvgIpc) is 2.52. The third-order valence-electron chi connectivity index (χ3n) is 3.79. The van der Waals surface area contributed by atoms with E-state index in [1.165, 1.54) is 11.4 Å². The molecule has 1 aliphatic heterocycles. The van der Waals surface area contributed by atoms with E-state index in [9.17, 15) is 13.2 Å². The zero-order valence-corrected chi connectivity index (χ0v) is 15.0. The van der Waals surface area contributed by atoms with Gasteiger partial charge in [-0.05, 0) is 12.1 Å². The highest BCUT2D eigenvalue weighted by molar-refractivity contribution is 7.92. The van der Waals surface area contributed by atoms with Gasteiger partial charge in [-0.3, -0.25) is 14.0 Å². The Labute approximate surface area is 143 Å². The topological polar surface area (TPSA) is 66.9 Å². The predicted octanol–water partition coefficient (Wildman–Crippen LogP) is 1.41. The number of ketones is 1. The molecule has 2 rings (SSSR count). The molecule has 8 heteroatoms. The highest BCUT2D eigenvalue weighted by atomic mass is 35.5. The summed E-state index contributed by atoms with van der Waals surface area (Å²) in [5.74, 6) is 0.0234. The first-order valence-corrected chi connectivity index (χ1v) is 9.10. The molecule has 0 unspecified atom stereocenters. The van der Waals surface area contributed by atoms with Crippen LogP contribution in [0, 0.1) is 0 Å². The van der Waals surface area contributed by atoms with Gasteiger partial charge in [0.1, 0.15) is 0 Å². The van der Waals surface area contributed by atoms with Crippen molar-refractivity contribution in [1.29, 1.82) is 0 Å². The summed E-state index contributed by atoms with van der Waals surface area (Å²) in [4.78, 5) is 14.5. The number of benzene rings is 1. The fraction of sp³-hybridized carbons (Fsp3) is 0.533. The van der Waals surface area contributed by atoms with Gasteiger partial charge in [-0.25, -0.2) is 8.42 Å². The molecule has 1 aliphatic rings. The van der Waals surface area contributed by atoms with Crippen molar-refractivity contribution >= 4 is 33.9 Å². The van der Waals surface area contributed by atoms with E-state index < -0.39 is 10.0 Å². The lowest BCUT2D eigenvalue weighted by Crippen LogP contribution is -2.37. The Morgan fingerprint density at radius 3 is 2.57 bits per heavy atom. The average molecular weight is 363 g/mol. The molecule has 1 aromatic carbocycles. The molecular formula is C15H23ClN2O4S. The lowest BCUT2D eigenvalue weighted by molar-refractivity contribution is 0.0370. The molecule has 0 radical (unpaired) electrons. The van der Waals surface area contributed by atoms with E-state index in [0.29, 0.717) is 37.4 Å². The maximum Gasteiger partial charge on any atom is 0.231 e. The molecule has 0 amide bonds. The van der Waals surface area contributed by atoms with Crippen molar-refractivity contribution in [2.45, 2.75) is 6.42 Å². The number of ether oxygens (including phenoxy) is 1. The van der Waals surface area contributed by atoms with Crippen molar-refractivity contribution in [3.8, 4) is 0 Å². The predicted molar refractivity (Wildman–Crippen MR) is 93.1 cm³/mol. The minimum absolute atomic E-state index is 0. The minimum atomic E-state index is -3.33. The maximum absolute atomic E-state index is 12.3. The molecule has 1 aromatic rings. The standard InChI is InChI=1S/C15H22N2O4S.ClH/c1-16(22(2,19)20)14-5-3-4-13(12-14)15(18)6-7-17-8-10-21-11-9-17;/h3-5,12H,6-11H2,1-2H3;1H. The number of nitrogens with zero attached hydrogens (tertiary/aromatic N) is 2. The van der Waals surface area contributed by atoms with Gasteiger partial charge < -0.3 is 4.74 Å². The number of halogens is 1. The zero-order chi connectivity index (χ0) is 16.2. The summed E-state index contributed by atoms with van der Waals surface area (Å²) in [6.07, 6.45) is 1.56. The van der Waals surface area contributed by atoms with Crippen LogP contribution < -0.4 is 4.31 Å². The first-order chi connectivity index (χ1) is 10.4. The first kappa shape index (κ1) is 19.9. The Morgan fingerprint density at radius 1 is 1.30 bits per heavy atom. The van der Waals surface area contributed by atoms with Crippen molar-refractivity contribution < 1.29 is 17.9 Å². The molecule has 0 atom stereocenters. The summed E-state index contributed by atoms with van der Waals surface area (Å²) in [5, 5.41) is 0. The lowest BCUT2D eigenvalue weighted by atomic mass is 10.1. The van der Waals surface area contributed by atoms with Gasteiger partial charge in [0.05, 0.1) is 25.2 Å². The highest BCUT2D eigenvalue weighted by Gasteiger charge is 2.16. The van der Waals surface area contributed by atoms with Crippen LogP contribution in [0.2, 0.25) is 0 Å². The van der Waals surface area contributed by atoms with Gasteiger partial charge >= 0.3 is 0 Å². The van der Waals surface area contributed by atoms with Gasteiger partial charge in [0, 0.05) is 38.7 Å². The molecule has 0 spiro atoms. The van der Waals surface area contributed by atoms with Crippen LogP contribution in [0.1, 0.15) is 16.8 Å². The van der Waals surface area contributed by atoms with Gasteiger partial charge in [0.15, 0.2) is 5.78 Å². The Kier molecular flexibility index (Phi) is 7.47. The third kappa shape index (κ3) is 5.76. The van der Waals surface area contributed by atoms with E-state index >= 15 is 0 Å². The van der Waals surface area contributed by atoms with E-state index in [-0.39, 0.29) is 18.2 Å². The summed E-state index contributed by atoms with van der Waals surface area (Å²) >= 11 is 0. The molecule has 0 N–H and O–H groups in total. The summed E-state index contributed by atoms with van der Waals surface area (Å²) < 4.78 is 29.6.